The zero-order valence-corrected chi connectivity index (χ0v) is 12.1. The molecule has 1 aromatic rings. The van der Waals surface area contributed by atoms with Gasteiger partial charge in [-0.15, -0.1) is 0 Å². The predicted molar refractivity (Wildman–Crippen MR) is 77.0 cm³/mol. The largest absolute Gasteiger partial charge is 0.352 e. The van der Waals surface area contributed by atoms with Crippen molar-refractivity contribution >= 4 is 15.8 Å². The lowest BCUT2D eigenvalue weighted by molar-refractivity contribution is 0.575. The van der Waals surface area contributed by atoms with Crippen LogP contribution in [0, 0.1) is 0 Å². The molecule has 110 valence electrons. The van der Waals surface area contributed by atoms with Gasteiger partial charge in [0, 0.05) is 24.8 Å². The van der Waals surface area contributed by atoms with Crippen LogP contribution in [-0.4, -0.2) is 38.6 Å². The van der Waals surface area contributed by atoms with Crippen LogP contribution in [0.5, 0.6) is 0 Å². The van der Waals surface area contributed by atoms with E-state index in [4.69, 9.17) is 5.14 Å². The van der Waals surface area contributed by atoms with Gasteiger partial charge < -0.3 is 10.2 Å². The Balaban J connectivity index is 1.77. The van der Waals surface area contributed by atoms with Crippen LogP contribution in [-0.2, 0) is 10.0 Å². The molecule has 1 unspecified atom stereocenters. The second kappa shape index (κ2) is 5.31. The maximum Gasteiger partial charge on any atom is 0.239 e. The van der Waals surface area contributed by atoms with Crippen molar-refractivity contribution in [2.45, 2.75) is 42.7 Å². The summed E-state index contributed by atoms with van der Waals surface area (Å²) in [6.07, 6.45) is 6.14. The van der Waals surface area contributed by atoms with Crippen molar-refractivity contribution in [3.63, 3.8) is 0 Å². The van der Waals surface area contributed by atoms with Gasteiger partial charge in [0.1, 0.15) is 10.7 Å². The van der Waals surface area contributed by atoms with Gasteiger partial charge in [-0.3, -0.25) is 0 Å². The minimum Gasteiger partial charge on any atom is -0.352 e. The van der Waals surface area contributed by atoms with E-state index >= 15 is 0 Å². The molecule has 3 N–H and O–H groups in total. The molecule has 6 nitrogen and oxygen atoms in total. The highest BCUT2D eigenvalue weighted by molar-refractivity contribution is 7.89. The van der Waals surface area contributed by atoms with Crippen molar-refractivity contribution in [2.24, 2.45) is 5.14 Å². The molecule has 3 rings (SSSR count). The first-order valence-electron chi connectivity index (χ1n) is 7.03. The highest BCUT2D eigenvalue weighted by Crippen LogP contribution is 2.31. The number of hydrogen-bond donors (Lipinski definition) is 2. The van der Waals surface area contributed by atoms with Crippen LogP contribution < -0.4 is 15.4 Å². The number of sulfonamides is 1. The topological polar surface area (TPSA) is 88.3 Å². The van der Waals surface area contributed by atoms with E-state index in [2.05, 4.69) is 15.2 Å². The van der Waals surface area contributed by atoms with E-state index in [1.54, 1.807) is 6.07 Å². The molecule has 20 heavy (non-hydrogen) atoms. The van der Waals surface area contributed by atoms with E-state index in [0.29, 0.717) is 12.1 Å². The van der Waals surface area contributed by atoms with Crippen molar-refractivity contribution in [2.75, 3.05) is 18.0 Å². The van der Waals surface area contributed by atoms with Gasteiger partial charge in [-0.2, -0.15) is 0 Å². The molecule has 1 aromatic heterocycles. The summed E-state index contributed by atoms with van der Waals surface area (Å²) >= 11 is 0. The number of nitrogens with one attached hydrogen (secondary N) is 1. The van der Waals surface area contributed by atoms with Crippen molar-refractivity contribution < 1.29 is 8.42 Å². The number of aromatic nitrogens is 1. The molecule has 2 aliphatic rings. The first-order chi connectivity index (χ1) is 9.54. The Bertz CT molecular complexity index is 563. The lowest BCUT2D eigenvalue weighted by atomic mass is 10.2. The normalized spacial score (nSPS) is 22.9. The van der Waals surface area contributed by atoms with Crippen LogP contribution >= 0.6 is 0 Å². The average molecular weight is 296 g/mol. The van der Waals surface area contributed by atoms with E-state index in [9.17, 15) is 8.42 Å². The number of hydrogen-bond acceptors (Lipinski definition) is 5. The van der Waals surface area contributed by atoms with Gasteiger partial charge >= 0.3 is 0 Å². The summed E-state index contributed by atoms with van der Waals surface area (Å²) in [7, 11) is -3.67. The molecule has 7 heteroatoms. The second-order valence-corrected chi connectivity index (χ2v) is 7.14. The Kier molecular flexibility index (Phi) is 3.66. The van der Waals surface area contributed by atoms with Gasteiger partial charge in [-0.05, 0) is 44.4 Å². The van der Waals surface area contributed by atoms with Crippen molar-refractivity contribution in [1.29, 1.82) is 0 Å². The summed E-state index contributed by atoms with van der Waals surface area (Å²) in [6.45, 7) is 2.02. The smallest absolute Gasteiger partial charge is 0.239 e. The van der Waals surface area contributed by atoms with Gasteiger partial charge in [0.2, 0.25) is 10.0 Å². The Labute approximate surface area is 119 Å². The van der Waals surface area contributed by atoms with Crippen molar-refractivity contribution in [1.82, 2.24) is 10.3 Å². The fourth-order valence-electron chi connectivity index (χ4n) is 2.68. The summed E-state index contributed by atoms with van der Waals surface area (Å²) in [6, 6.07) is 4.35. The summed E-state index contributed by atoms with van der Waals surface area (Å²) in [5.41, 5.74) is 0. The molecular weight excluding hydrogens is 276 g/mol. The number of anilines is 1. The van der Waals surface area contributed by atoms with Gasteiger partial charge in [0.05, 0.1) is 0 Å². The molecule has 0 aromatic carbocycles. The van der Waals surface area contributed by atoms with E-state index in [-0.39, 0.29) is 4.90 Å². The Hall–Kier alpha value is -1.18. The lowest BCUT2D eigenvalue weighted by Crippen LogP contribution is -2.39. The molecule has 1 aliphatic carbocycles. The third-order valence-electron chi connectivity index (χ3n) is 3.91. The van der Waals surface area contributed by atoms with E-state index in [1.165, 1.54) is 37.9 Å². The second-order valence-electron chi connectivity index (χ2n) is 5.57. The first kappa shape index (κ1) is 13.8. The predicted octanol–water partition coefficient (Wildman–Crippen LogP) is 0.450. The van der Waals surface area contributed by atoms with Crippen molar-refractivity contribution in [3.8, 4) is 0 Å². The molecule has 0 amide bonds. The summed E-state index contributed by atoms with van der Waals surface area (Å²) in [4.78, 5) is 6.64. The Morgan fingerprint density at radius 3 is 2.65 bits per heavy atom. The molecule has 1 atom stereocenters. The maximum atomic E-state index is 11.3. The maximum absolute atomic E-state index is 11.3. The Morgan fingerprint density at radius 1 is 1.35 bits per heavy atom. The van der Waals surface area contributed by atoms with Crippen LogP contribution in [0.2, 0.25) is 0 Å². The fourth-order valence-corrected chi connectivity index (χ4v) is 3.13. The quantitative estimate of drug-likeness (QED) is 0.823. The van der Waals surface area contributed by atoms with Gasteiger partial charge in [0.25, 0.3) is 0 Å². The lowest BCUT2D eigenvalue weighted by Gasteiger charge is -2.26. The zero-order valence-electron chi connectivity index (χ0n) is 11.3. The summed E-state index contributed by atoms with van der Waals surface area (Å²) in [5.74, 6) is 0.841. The SMILES string of the molecule is NS(=O)(=O)c1ccc(N(CC2CCCN2)C2CC2)nc1. The van der Waals surface area contributed by atoms with Crippen LogP contribution in [0.1, 0.15) is 25.7 Å². The number of rotatable bonds is 5. The third kappa shape index (κ3) is 3.11. The fraction of sp³-hybridized carbons (Fsp3) is 0.615. The average Bonchev–Trinajstić information content (AvgIpc) is 3.12. The highest BCUT2D eigenvalue weighted by Gasteiger charge is 2.32. The molecule has 2 heterocycles. The standard InChI is InChI=1S/C13H20N4O2S/c14-20(18,19)12-5-6-13(16-8-12)17(11-3-4-11)9-10-2-1-7-15-10/h5-6,8,10-11,15H,1-4,7,9H2,(H2,14,18,19). The highest BCUT2D eigenvalue weighted by atomic mass is 32.2. The van der Waals surface area contributed by atoms with E-state index < -0.39 is 10.0 Å². The van der Waals surface area contributed by atoms with Crippen LogP contribution in [0.3, 0.4) is 0 Å². The summed E-state index contributed by atoms with van der Waals surface area (Å²) < 4.78 is 22.5. The minimum absolute atomic E-state index is 0.0657. The third-order valence-corrected chi connectivity index (χ3v) is 4.81. The van der Waals surface area contributed by atoms with Crippen LogP contribution in [0.15, 0.2) is 23.2 Å². The van der Waals surface area contributed by atoms with Crippen LogP contribution in [0.25, 0.3) is 0 Å². The molecule has 2 fully saturated rings. The van der Waals surface area contributed by atoms with E-state index in [0.717, 1.165) is 18.9 Å². The minimum atomic E-state index is -3.67. The van der Waals surface area contributed by atoms with Crippen LogP contribution in [0.4, 0.5) is 5.82 Å². The van der Waals surface area contributed by atoms with Crippen molar-refractivity contribution in [3.05, 3.63) is 18.3 Å². The molecule has 1 aliphatic heterocycles. The molecule has 1 saturated heterocycles. The van der Waals surface area contributed by atoms with E-state index in [1.807, 2.05) is 0 Å². The Morgan fingerprint density at radius 2 is 2.15 bits per heavy atom. The van der Waals surface area contributed by atoms with Gasteiger partial charge in [-0.1, -0.05) is 0 Å². The zero-order chi connectivity index (χ0) is 14.2. The molecule has 0 bridgehead atoms. The molecule has 0 spiro atoms. The van der Waals surface area contributed by atoms with Gasteiger partial charge in [0.15, 0.2) is 0 Å². The molecular formula is C13H20N4O2S. The van der Waals surface area contributed by atoms with Gasteiger partial charge in [-0.25, -0.2) is 18.5 Å². The molecule has 0 radical (unpaired) electrons. The molecule has 1 saturated carbocycles. The number of pyridine rings is 1. The number of nitrogens with zero attached hydrogens (tertiary/aromatic N) is 2. The monoisotopic (exact) mass is 296 g/mol. The summed E-state index contributed by atoms with van der Waals surface area (Å²) in [5, 5.41) is 8.59. The number of primary sulfonamides is 1. The first-order valence-corrected chi connectivity index (χ1v) is 8.57. The number of nitrogens with two attached hydrogens (primary N) is 1.